The molecule has 0 saturated heterocycles. The minimum Gasteiger partial charge on any atom is -0.520 e. The van der Waals surface area contributed by atoms with Gasteiger partial charge in [-0.2, -0.15) is 0 Å². The second-order valence-corrected chi connectivity index (χ2v) is 10.5. The van der Waals surface area contributed by atoms with Crippen molar-refractivity contribution in [2.45, 2.75) is 51.7 Å². The molecular weight excluding hydrogens is 216 g/mol. The van der Waals surface area contributed by atoms with Gasteiger partial charge in [0.15, 0.2) is 0 Å². The molecule has 2 nitrogen and oxygen atoms in total. The van der Waals surface area contributed by atoms with Gasteiger partial charge in [-0.05, 0) is 57.2 Å². The summed E-state index contributed by atoms with van der Waals surface area (Å²) in [7, 11) is -1.68. The summed E-state index contributed by atoms with van der Waals surface area (Å²) in [4.78, 5) is 11.6. The summed E-state index contributed by atoms with van der Waals surface area (Å²) in [6, 6.07) is 0. The number of fused-ring (bicyclic) bond motifs is 2. The average Bonchev–Trinajstić information content (AvgIpc) is 2.72. The van der Waals surface area contributed by atoms with Crippen LogP contribution in [0.5, 0.6) is 0 Å². The lowest BCUT2D eigenvalue weighted by atomic mass is 9.95. The highest BCUT2D eigenvalue weighted by atomic mass is 28.4. The molecule has 0 heterocycles. The molecule has 0 N–H and O–H groups in total. The summed E-state index contributed by atoms with van der Waals surface area (Å²) in [5.74, 6) is 1.63. The molecule has 0 radical (unpaired) electrons. The van der Waals surface area contributed by atoms with Crippen LogP contribution in [-0.2, 0) is 9.22 Å². The third kappa shape index (κ3) is 2.97. The maximum Gasteiger partial charge on any atom is 0.292 e. The lowest BCUT2D eigenvalue weighted by Gasteiger charge is -2.18. The maximum absolute atomic E-state index is 11.6. The fourth-order valence-electron chi connectivity index (χ4n) is 2.87. The highest BCUT2D eigenvalue weighted by molar-refractivity contribution is 6.71. The molecule has 90 valence electrons. The summed E-state index contributed by atoms with van der Waals surface area (Å²) < 4.78 is 5.45. The second kappa shape index (κ2) is 4.36. The molecule has 0 aromatic carbocycles. The molecule has 2 aliphatic carbocycles. The van der Waals surface area contributed by atoms with E-state index < -0.39 is 8.32 Å². The van der Waals surface area contributed by atoms with Crippen molar-refractivity contribution < 1.29 is 9.22 Å². The standard InChI is InChI=1S/C13H22O2Si/c1-16(2,3)15-13(14)7-6-12-9-10-4-5-11(12)8-10/h9-11H,4-8H2,1-3H3. The molecule has 2 atom stereocenters. The third-order valence-corrected chi connectivity index (χ3v) is 4.33. The number of carbonyl (C=O) groups is 1. The van der Waals surface area contributed by atoms with E-state index in [1.165, 1.54) is 24.8 Å². The molecule has 2 rings (SSSR count). The average molecular weight is 238 g/mol. The zero-order valence-corrected chi connectivity index (χ0v) is 11.6. The van der Waals surface area contributed by atoms with Crippen LogP contribution in [0.2, 0.25) is 19.6 Å². The van der Waals surface area contributed by atoms with Crippen molar-refractivity contribution in [2.24, 2.45) is 11.8 Å². The molecule has 0 amide bonds. The Balaban J connectivity index is 1.76. The van der Waals surface area contributed by atoms with Gasteiger partial charge in [0.2, 0.25) is 8.32 Å². The summed E-state index contributed by atoms with van der Waals surface area (Å²) in [6.45, 7) is 6.17. The van der Waals surface area contributed by atoms with Crippen LogP contribution >= 0.6 is 0 Å². The Morgan fingerprint density at radius 1 is 1.44 bits per heavy atom. The lowest BCUT2D eigenvalue weighted by molar-refractivity contribution is -0.135. The van der Waals surface area contributed by atoms with Gasteiger partial charge in [-0.25, -0.2) is 0 Å². The largest absolute Gasteiger partial charge is 0.520 e. The molecule has 2 bridgehead atoms. The minimum atomic E-state index is -1.68. The van der Waals surface area contributed by atoms with Gasteiger partial charge in [-0.3, -0.25) is 4.79 Å². The first-order valence-electron chi connectivity index (χ1n) is 6.36. The van der Waals surface area contributed by atoms with Crippen molar-refractivity contribution in [3.8, 4) is 0 Å². The van der Waals surface area contributed by atoms with Crippen LogP contribution in [0.15, 0.2) is 11.6 Å². The van der Waals surface area contributed by atoms with Crippen LogP contribution in [0.1, 0.15) is 32.1 Å². The summed E-state index contributed by atoms with van der Waals surface area (Å²) in [5.41, 5.74) is 1.53. The Hall–Kier alpha value is -0.573. The predicted octanol–water partition coefficient (Wildman–Crippen LogP) is 3.50. The lowest BCUT2D eigenvalue weighted by Crippen LogP contribution is -2.29. The van der Waals surface area contributed by atoms with Gasteiger partial charge < -0.3 is 4.43 Å². The number of hydrogen-bond donors (Lipinski definition) is 0. The number of allylic oxidation sites excluding steroid dienone is 2. The topological polar surface area (TPSA) is 26.3 Å². The number of hydrogen-bond acceptors (Lipinski definition) is 2. The Morgan fingerprint density at radius 3 is 2.69 bits per heavy atom. The van der Waals surface area contributed by atoms with E-state index in [-0.39, 0.29) is 5.97 Å². The second-order valence-electron chi connectivity index (χ2n) is 6.10. The van der Waals surface area contributed by atoms with Gasteiger partial charge in [0.25, 0.3) is 5.97 Å². The van der Waals surface area contributed by atoms with Crippen LogP contribution < -0.4 is 0 Å². The quantitative estimate of drug-likeness (QED) is 0.553. The third-order valence-electron chi connectivity index (χ3n) is 3.49. The Kier molecular flexibility index (Phi) is 3.24. The maximum atomic E-state index is 11.6. The van der Waals surface area contributed by atoms with Gasteiger partial charge in [0, 0.05) is 6.42 Å². The normalized spacial score (nSPS) is 28.1. The van der Waals surface area contributed by atoms with E-state index in [0.717, 1.165) is 18.3 Å². The van der Waals surface area contributed by atoms with E-state index in [0.29, 0.717) is 6.42 Å². The van der Waals surface area contributed by atoms with Crippen molar-refractivity contribution in [1.29, 1.82) is 0 Å². The van der Waals surface area contributed by atoms with Crippen LogP contribution in [0, 0.1) is 11.8 Å². The molecule has 2 aliphatic rings. The Morgan fingerprint density at radius 2 is 2.19 bits per heavy atom. The molecule has 0 aliphatic heterocycles. The van der Waals surface area contributed by atoms with Crippen molar-refractivity contribution in [2.75, 3.05) is 0 Å². The summed E-state index contributed by atoms with van der Waals surface area (Å²) in [6.07, 6.45) is 7.99. The zero-order valence-electron chi connectivity index (χ0n) is 10.6. The SMILES string of the molecule is C[Si](C)(C)OC(=O)CCC1=CC2CCC1C2. The number of rotatable bonds is 4. The van der Waals surface area contributed by atoms with E-state index in [9.17, 15) is 4.79 Å². The molecule has 0 aromatic heterocycles. The predicted molar refractivity (Wildman–Crippen MR) is 67.6 cm³/mol. The van der Waals surface area contributed by atoms with Crippen LogP contribution in [0.25, 0.3) is 0 Å². The fourth-order valence-corrected chi connectivity index (χ4v) is 3.65. The summed E-state index contributed by atoms with van der Waals surface area (Å²) >= 11 is 0. The van der Waals surface area contributed by atoms with Crippen molar-refractivity contribution >= 4 is 14.3 Å². The van der Waals surface area contributed by atoms with E-state index in [4.69, 9.17) is 4.43 Å². The van der Waals surface area contributed by atoms with Gasteiger partial charge in [0.05, 0.1) is 0 Å². The molecule has 0 aromatic rings. The molecular formula is C13H22O2Si. The van der Waals surface area contributed by atoms with Crippen LogP contribution in [0.3, 0.4) is 0 Å². The first-order valence-corrected chi connectivity index (χ1v) is 9.77. The molecule has 2 unspecified atom stereocenters. The highest BCUT2D eigenvalue weighted by Gasteiger charge is 2.32. The van der Waals surface area contributed by atoms with Crippen molar-refractivity contribution in [3.05, 3.63) is 11.6 Å². The number of carbonyl (C=O) groups excluding carboxylic acids is 1. The fraction of sp³-hybridized carbons (Fsp3) is 0.769. The van der Waals surface area contributed by atoms with Crippen molar-refractivity contribution in [3.63, 3.8) is 0 Å². The van der Waals surface area contributed by atoms with Gasteiger partial charge in [0.1, 0.15) is 0 Å². The van der Waals surface area contributed by atoms with Gasteiger partial charge in [-0.15, -0.1) is 0 Å². The van der Waals surface area contributed by atoms with Crippen molar-refractivity contribution in [1.82, 2.24) is 0 Å². The van der Waals surface area contributed by atoms with E-state index in [1.54, 1.807) is 0 Å². The first-order chi connectivity index (χ1) is 7.44. The van der Waals surface area contributed by atoms with Crippen LogP contribution in [0.4, 0.5) is 0 Å². The monoisotopic (exact) mass is 238 g/mol. The Bertz CT molecular complexity index is 314. The summed E-state index contributed by atoms with van der Waals surface area (Å²) in [5, 5.41) is 0. The molecule has 1 saturated carbocycles. The molecule has 0 spiro atoms. The van der Waals surface area contributed by atoms with E-state index >= 15 is 0 Å². The van der Waals surface area contributed by atoms with Gasteiger partial charge in [-0.1, -0.05) is 11.6 Å². The van der Waals surface area contributed by atoms with Gasteiger partial charge >= 0.3 is 0 Å². The van der Waals surface area contributed by atoms with Crippen LogP contribution in [-0.4, -0.2) is 14.3 Å². The van der Waals surface area contributed by atoms with E-state index in [1.807, 2.05) is 0 Å². The Labute approximate surface area is 99.2 Å². The van der Waals surface area contributed by atoms with E-state index in [2.05, 4.69) is 25.7 Å². The smallest absolute Gasteiger partial charge is 0.292 e. The first kappa shape index (κ1) is 11.9. The highest BCUT2D eigenvalue weighted by Crippen LogP contribution is 2.45. The molecule has 1 fully saturated rings. The minimum absolute atomic E-state index is 0.00263. The molecule has 3 heteroatoms. The zero-order chi connectivity index (χ0) is 11.8. The molecule has 16 heavy (non-hydrogen) atoms.